The van der Waals surface area contributed by atoms with Crippen LogP contribution >= 0.6 is 11.8 Å². The number of likely N-dealkylation sites (tertiary alicyclic amines) is 1. The van der Waals surface area contributed by atoms with Gasteiger partial charge in [0, 0.05) is 19.5 Å². The van der Waals surface area contributed by atoms with Crippen LogP contribution in [0.1, 0.15) is 49.7 Å². The standard InChI is InChI=1S/C36H51N7O8S/c1-52-19-16-28(42-32(46)27(38)20-24-12-14-25(44)15-13-24)33(47)40-22-31(45)41-29(21-23-8-3-2-4-9-23)35(49)43-18-7-11-30(43)34(48)39-17-6-5-10-26(37)36(50)51/h2-4,8-9,12-15,26-30,44H,5-7,10-11,16-22,37-38H2,1H3,(H,39,48)(H,40,47)(H,41,45)(H,42,46)(H,50,51)/t26-,27-,28+,29-,30-/m0/s1. The van der Waals surface area contributed by atoms with Crippen LogP contribution in [0.2, 0.25) is 0 Å². The minimum Gasteiger partial charge on any atom is -0.508 e. The lowest BCUT2D eigenvalue weighted by molar-refractivity contribution is -0.141. The van der Waals surface area contributed by atoms with Crippen LogP contribution in [0.5, 0.6) is 5.75 Å². The SMILES string of the molecule is CSCC[C@@H](NC(=O)[C@@H](N)Cc1ccc(O)cc1)C(=O)NCC(=O)N[C@@H](Cc1ccccc1)C(=O)N1CCC[C@H]1C(=O)NCCCC[C@H](N)C(=O)O. The Kier molecular flexibility index (Phi) is 17.4. The number of nitrogens with two attached hydrogens (primary N) is 2. The number of thioether (sulfide) groups is 1. The molecule has 0 aliphatic carbocycles. The fraction of sp³-hybridized carbons (Fsp3) is 0.500. The van der Waals surface area contributed by atoms with E-state index in [2.05, 4.69) is 21.3 Å². The molecule has 52 heavy (non-hydrogen) atoms. The maximum absolute atomic E-state index is 13.9. The Morgan fingerprint density at radius 3 is 2.21 bits per heavy atom. The minimum atomic E-state index is -1.08. The summed E-state index contributed by atoms with van der Waals surface area (Å²) in [5, 5.41) is 29.3. The van der Waals surface area contributed by atoms with Crippen LogP contribution in [-0.2, 0) is 41.6 Å². The van der Waals surface area contributed by atoms with Crippen molar-refractivity contribution in [2.75, 3.05) is 31.6 Å². The fourth-order valence-electron chi connectivity index (χ4n) is 5.79. The van der Waals surface area contributed by atoms with Gasteiger partial charge in [0.25, 0.3) is 0 Å². The van der Waals surface area contributed by atoms with E-state index in [1.807, 2.05) is 36.6 Å². The molecule has 0 bridgehead atoms. The number of carbonyl (C=O) groups is 6. The summed E-state index contributed by atoms with van der Waals surface area (Å²) in [5.74, 6) is -2.94. The van der Waals surface area contributed by atoms with Gasteiger partial charge in [0.05, 0.1) is 12.6 Å². The number of carboxylic acids is 1. The van der Waals surface area contributed by atoms with Gasteiger partial charge in [-0.2, -0.15) is 11.8 Å². The maximum atomic E-state index is 13.9. The van der Waals surface area contributed by atoms with Crippen LogP contribution in [0.25, 0.3) is 0 Å². The van der Waals surface area contributed by atoms with Crippen LogP contribution < -0.4 is 32.7 Å². The molecule has 0 aromatic heterocycles. The van der Waals surface area contributed by atoms with Crippen molar-refractivity contribution in [2.24, 2.45) is 11.5 Å². The first-order valence-electron chi connectivity index (χ1n) is 17.4. The Morgan fingerprint density at radius 1 is 0.846 bits per heavy atom. The van der Waals surface area contributed by atoms with Gasteiger partial charge in [-0.3, -0.25) is 28.8 Å². The number of carbonyl (C=O) groups excluding carboxylic acids is 5. The number of carboxylic acid groups (broad SMARTS) is 1. The molecular weight excluding hydrogens is 691 g/mol. The zero-order chi connectivity index (χ0) is 38.0. The predicted molar refractivity (Wildman–Crippen MR) is 197 cm³/mol. The molecule has 16 heteroatoms. The average molecular weight is 742 g/mol. The number of phenolic OH excluding ortho intramolecular Hbond substituents is 1. The third kappa shape index (κ3) is 13.8. The molecule has 0 saturated carbocycles. The van der Waals surface area contributed by atoms with Crippen molar-refractivity contribution in [1.82, 2.24) is 26.2 Å². The Hall–Kier alpha value is -4.67. The molecule has 1 saturated heterocycles. The van der Waals surface area contributed by atoms with Crippen molar-refractivity contribution in [3.63, 3.8) is 0 Å². The number of benzene rings is 2. The van der Waals surface area contributed by atoms with Gasteiger partial charge in [-0.1, -0.05) is 42.5 Å². The second-order valence-electron chi connectivity index (χ2n) is 12.8. The summed E-state index contributed by atoms with van der Waals surface area (Å²) in [7, 11) is 0. The van der Waals surface area contributed by atoms with E-state index >= 15 is 0 Å². The number of hydrogen-bond acceptors (Lipinski definition) is 10. The van der Waals surface area contributed by atoms with E-state index in [0.29, 0.717) is 44.5 Å². The minimum absolute atomic E-state index is 0.0873. The molecule has 5 atom stereocenters. The second kappa shape index (κ2) is 21.6. The molecule has 1 aliphatic rings. The molecule has 1 fully saturated rings. The fourth-order valence-corrected chi connectivity index (χ4v) is 6.26. The first-order chi connectivity index (χ1) is 24.9. The number of aliphatic carboxylic acids is 1. The summed E-state index contributed by atoms with van der Waals surface area (Å²) in [6, 6.07) is 10.8. The highest BCUT2D eigenvalue weighted by Crippen LogP contribution is 2.20. The lowest BCUT2D eigenvalue weighted by Gasteiger charge is -2.29. The van der Waals surface area contributed by atoms with Gasteiger partial charge in [-0.25, -0.2) is 0 Å². The molecule has 0 unspecified atom stereocenters. The highest BCUT2D eigenvalue weighted by atomic mass is 32.2. The van der Waals surface area contributed by atoms with E-state index in [-0.39, 0.29) is 37.3 Å². The third-order valence-electron chi connectivity index (χ3n) is 8.71. The zero-order valence-corrected chi connectivity index (χ0v) is 30.2. The molecule has 10 N–H and O–H groups in total. The lowest BCUT2D eigenvalue weighted by Crippen LogP contribution is -2.56. The summed E-state index contributed by atoms with van der Waals surface area (Å²) in [4.78, 5) is 78.7. The number of unbranched alkanes of at least 4 members (excludes halogenated alkanes) is 1. The summed E-state index contributed by atoms with van der Waals surface area (Å²) < 4.78 is 0. The first-order valence-corrected chi connectivity index (χ1v) is 18.8. The van der Waals surface area contributed by atoms with Gasteiger partial charge in [0.1, 0.15) is 29.9 Å². The van der Waals surface area contributed by atoms with E-state index in [9.17, 15) is 33.9 Å². The van der Waals surface area contributed by atoms with E-state index < -0.39 is 66.4 Å². The molecule has 284 valence electrons. The molecule has 3 rings (SSSR count). The maximum Gasteiger partial charge on any atom is 0.320 e. The molecule has 1 aliphatic heterocycles. The predicted octanol–water partition coefficient (Wildman–Crippen LogP) is 0.0330. The van der Waals surface area contributed by atoms with Gasteiger partial charge < -0.3 is 47.8 Å². The largest absolute Gasteiger partial charge is 0.508 e. The molecule has 2 aromatic carbocycles. The smallest absolute Gasteiger partial charge is 0.320 e. The van der Waals surface area contributed by atoms with Crippen molar-refractivity contribution in [3.05, 3.63) is 65.7 Å². The summed E-state index contributed by atoms with van der Waals surface area (Å²) in [6.07, 6.45) is 4.86. The normalized spacial score (nSPS) is 16.2. The van der Waals surface area contributed by atoms with Crippen LogP contribution in [0, 0.1) is 0 Å². The number of nitrogens with zero attached hydrogens (tertiary/aromatic N) is 1. The van der Waals surface area contributed by atoms with Crippen LogP contribution in [-0.4, -0.2) is 112 Å². The quantitative estimate of drug-likeness (QED) is 0.0794. The van der Waals surface area contributed by atoms with Crippen LogP contribution in [0.3, 0.4) is 0 Å². The molecule has 0 spiro atoms. The number of phenols is 1. The number of hydrogen-bond donors (Lipinski definition) is 8. The zero-order valence-electron chi connectivity index (χ0n) is 29.4. The highest BCUT2D eigenvalue weighted by molar-refractivity contribution is 7.98. The van der Waals surface area contributed by atoms with Gasteiger partial charge >= 0.3 is 5.97 Å². The topological polar surface area (TPSA) is 246 Å². The first kappa shape index (κ1) is 41.7. The lowest BCUT2D eigenvalue weighted by atomic mass is 10.0. The molecule has 5 amide bonds. The Labute approximate surface area is 308 Å². The summed E-state index contributed by atoms with van der Waals surface area (Å²) in [6.45, 7) is 0.169. The van der Waals surface area contributed by atoms with E-state index in [0.717, 1.165) is 11.1 Å². The third-order valence-corrected chi connectivity index (χ3v) is 9.35. The summed E-state index contributed by atoms with van der Waals surface area (Å²) >= 11 is 1.49. The Morgan fingerprint density at radius 2 is 1.54 bits per heavy atom. The van der Waals surface area contributed by atoms with Crippen molar-refractivity contribution in [1.29, 1.82) is 0 Å². The van der Waals surface area contributed by atoms with Gasteiger partial charge in [-0.15, -0.1) is 0 Å². The Balaban J connectivity index is 1.60. The van der Waals surface area contributed by atoms with Gasteiger partial charge in [0.15, 0.2) is 0 Å². The van der Waals surface area contributed by atoms with Gasteiger partial charge in [-0.05, 0) is 80.2 Å². The average Bonchev–Trinajstić information content (AvgIpc) is 3.63. The van der Waals surface area contributed by atoms with Crippen molar-refractivity contribution in [3.8, 4) is 5.75 Å². The van der Waals surface area contributed by atoms with Crippen molar-refractivity contribution < 1.29 is 39.0 Å². The number of nitrogens with one attached hydrogen (secondary N) is 4. The molecular formula is C36H51N7O8S. The number of aromatic hydroxyl groups is 1. The van der Waals surface area contributed by atoms with E-state index in [4.69, 9.17) is 16.6 Å². The number of rotatable bonds is 21. The van der Waals surface area contributed by atoms with E-state index in [1.165, 1.54) is 28.8 Å². The van der Waals surface area contributed by atoms with Crippen molar-refractivity contribution in [2.45, 2.75) is 81.6 Å². The highest BCUT2D eigenvalue weighted by Gasteiger charge is 2.37. The number of amides is 5. The molecule has 1 heterocycles. The second-order valence-corrected chi connectivity index (χ2v) is 13.8. The Bertz CT molecular complexity index is 1500. The summed E-state index contributed by atoms with van der Waals surface area (Å²) in [5.41, 5.74) is 13.2. The van der Waals surface area contributed by atoms with Crippen LogP contribution in [0.4, 0.5) is 0 Å². The van der Waals surface area contributed by atoms with Crippen molar-refractivity contribution >= 4 is 47.3 Å². The van der Waals surface area contributed by atoms with E-state index in [1.54, 1.807) is 12.1 Å². The molecule has 2 aromatic rings. The molecule has 0 radical (unpaired) electrons. The molecule has 15 nitrogen and oxygen atoms in total. The monoisotopic (exact) mass is 741 g/mol. The van der Waals surface area contributed by atoms with Gasteiger partial charge in [0.2, 0.25) is 29.5 Å². The van der Waals surface area contributed by atoms with Crippen LogP contribution in [0.15, 0.2) is 54.6 Å².